The van der Waals surface area contributed by atoms with Crippen LogP contribution in [0.4, 0.5) is 0 Å². The van der Waals surface area contributed by atoms with E-state index in [1.165, 1.54) is 18.4 Å². The summed E-state index contributed by atoms with van der Waals surface area (Å²) in [6, 6.07) is 11.8. The summed E-state index contributed by atoms with van der Waals surface area (Å²) in [5, 5.41) is 3.48. The van der Waals surface area contributed by atoms with Crippen molar-refractivity contribution in [3.05, 3.63) is 35.9 Å². The number of rotatable bonds is 5. The Balaban J connectivity index is 2.27. The summed E-state index contributed by atoms with van der Waals surface area (Å²) in [5.74, 6) is 0. The van der Waals surface area contributed by atoms with Gasteiger partial charge in [-0.1, -0.05) is 31.5 Å². The second-order valence-electron chi connectivity index (χ2n) is 3.48. The highest BCUT2D eigenvalue weighted by molar-refractivity contribution is 5.13. The average molecular weight is 176 g/mol. The molecule has 0 heterocycles. The maximum atomic E-state index is 3.48. The van der Waals surface area contributed by atoms with Crippen LogP contribution in [0.2, 0.25) is 0 Å². The Bertz CT molecular complexity index is 218. The van der Waals surface area contributed by atoms with Crippen molar-refractivity contribution in [2.24, 2.45) is 0 Å². The lowest BCUT2D eigenvalue weighted by atomic mass is 10.1. The summed E-state index contributed by atoms with van der Waals surface area (Å²) in [6.07, 6.45) is 2.49. The highest BCUT2D eigenvalue weighted by atomic mass is 14.9. The standard InChI is InChI=1S/C12H18N/c1-3-7-11(2)13-10-12-8-5-4-6-9-12/h4-5,8-9,11,13H,3,7,10H2,1-2H3. The maximum Gasteiger partial charge on any atom is 0.0208 e. The Morgan fingerprint density at radius 1 is 1.54 bits per heavy atom. The molecule has 0 saturated heterocycles. The number of benzene rings is 1. The summed E-state index contributed by atoms with van der Waals surface area (Å²) in [4.78, 5) is 0. The van der Waals surface area contributed by atoms with Gasteiger partial charge in [0.1, 0.15) is 0 Å². The first-order valence-electron chi connectivity index (χ1n) is 5.01. The van der Waals surface area contributed by atoms with Crippen LogP contribution < -0.4 is 5.32 Å². The second kappa shape index (κ2) is 5.76. The molecule has 0 amide bonds. The maximum absolute atomic E-state index is 3.48. The molecule has 0 saturated carbocycles. The topological polar surface area (TPSA) is 12.0 Å². The van der Waals surface area contributed by atoms with Crippen molar-refractivity contribution in [3.8, 4) is 0 Å². The molecule has 1 unspecified atom stereocenters. The van der Waals surface area contributed by atoms with Gasteiger partial charge in [-0.2, -0.15) is 0 Å². The van der Waals surface area contributed by atoms with E-state index in [1.807, 2.05) is 18.2 Å². The molecule has 0 bridgehead atoms. The Labute approximate surface area is 81.2 Å². The normalized spacial score (nSPS) is 12.8. The number of hydrogen-bond donors (Lipinski definition) is 1. The molecule has 1 aromatic carbocycles. The predicted molar refractivity (Wildman–Crippen MR) is 56.5 cm³/mol. The smallest absolute Gasteiger partial charge is 0.0208 e. The zero-order valence-electron chi connectivity index (χ0n) is 8.51. The first-order valence-corrected chi connectivity index (χ1v) is 5.01. The van der Waals surface area contributed by atoms with Crippen LogP contribution in [-0.4, -0.2) is 6.04 Å². The van der Waals surface area contributed by atoms with Gasteiger partial charge in [0, 0.05) is 12.6 Å². The largest absolute Gasteiger partial charge is 0.310 e. The monoisotopic (exact) mass is 176 g/mol. The van der Waals surface area contributed by atoms with E-state index in [0.29, 0.717) is 6.04 Å². The molecule has 1 radical (unpaired) electrons. The van der Waals surface area contributed by atoms with Gasteiger partial charge in [0.15, 0.2) is 0 Å². The SMILES string of the molecule is CCCC(C)NCc1c[c]ccc1. The molecule has 0 aliphatic heterocycles. The van der Waals surface area contributed by atoms with Gasteiger partial charge >= 0.3 is 0 Å². The lowest BCUT2D eigenvalue weighted by Crippen LogP contribution is -2.24. The van der Waals surface area contributed by atoms with E-state index >= 15 is 0 Å². The minimum Gasteiger partial charge on any atom is -0.310 e. The molecule has 71 valence electrons. The molecule has 1 heteroatoms. The van der Waals surface area contributed by atoms with Crippen LogP contribution in [0.5, 0.6) is 0 Å². The summed E-state index contributed by atoms with van der Waals surface area (Å²) in [5.41, 5.74) is 1.31. The highest BCUT2D eigenvalue weighted by Gasteiger charge is 1.98. The lowest BCUT2D eigenvalue weighted by Gasteiger charge is -2.12. The molecule has 0 aromatic heterocycles. The van der Waals surface area contributed by atoms with E-state index in [2.05, 4.69) is 31.3 Å². The third kappa shape index (κ3) is 4.09. The minimum atomic E-state index is 0.616. The van der Waals surface area contributed by atoms with Crippen LogP contribution in [0.1, 0.15) is 32.3 Å². The lowest BCUT2D eigenvalue weighted by molar-refractivity contribution is 0.508. The van der Waals surface area contributed by atoms with Crippen molar-refractivity contribution in [3.63, 3.8) is 0 Å². The van der Waals surface area contributed by atoms with E-state index in [0.717, 1.165) is 6.54 Å². The van der Waals surface area contributed by atoms with Crippen molar-refractivity contribution in [1.29, 1.82) is 0 Å². The van der Waals surface area contributed by atoms with Gasteiger partial charge in [0.05, 0.1) is 0 Å². The molecule has 0 aliphatic rings. The fraction of sp³-hybridized carbons (Fsp3) is 0.500. The van der Waals surface area contributed by atoms with Crippen LogP contribution in [0, 0.1) is 6.07 Å². The first kappa shape index (κ1) is 10.3. The second-order valence-corrected chi connectivity index (χ2v) is 3.48. The molecular formula is C12H18N. The van der Waals surface area contributed by atoms with Crippen molar-refractivity contribution >= 4 is 0 Å². The van der Waals surface area contributed by atoms with Gasteiger partial charge in [-0.3, -0.25) is 0 Å². The fourth-order valence-electron chi connectivity index (χ4n) is 1.37. The zero-order chi connectivity index (χ0) is 9.52. The molecule has 1 rings (SSSR count). The van der Waals surface area contributed by atoms with E-state index in [1.54, 1.807) is 0 Å². The Kier molecular flexibility index (Phi) is 4.55. The van der Waals surface area contributed by atoms with Crippen LogP contribution in [0.3, 0.4) is 0 Å². The van der Waals surface area contributed by atoms with E-state index < -0.39 is 0 Å². The molecule has 1 aromatic rings. The van der Waals surface area contributed by atoms with E-state index in [4.69, 9.17) is 0 Å². The summed E-state index contributed by atoms with van der Waals surface area (Å²) in [7, 11) is 0. The van der Waals surface area contributed by atoms with Crippen molar-refractivity contribution in [2.75, 3.05) is 0 Å². The molecular weight excluding hydrogens is 158 g/mol. The quantitative estimate of drug-likeness (QED) is 0.727. The molecule has 1 nitrogen and oxygen atoms in total. The van der Waals surface area contributed by atoms with Crippen LogP contribution in [0.25, 0.3) is 0 Å². The van der Waals surface area contributed by atoms with Gasteiger partial charge < -0.3 is 5.32 Å². The van der Waals surface area contributed by atoms with Crippen LogP contribution in [0.15, 0.2) is 24.3 Å². The molecule has 1 N–H and O–H groups in total. The summed E-state index contributed by atoms with van der Waals surface area (Å²) in [6.45, 7) is 5.41. The molecule has 0 spiro atoms. The molecule has 0 aliphatic carbocycles. The van der Waals surface area contributed by atoms with E-state index in [-0.39, 0.29) is 0 Å². The van der Waals surface area contributed by atoms with E-state index in [9.17, 15) is 0 Å². The summed E-state index contributed by atoms with van der Waals surface area (Å²) >= 11 is 0. The summed E-state index contributed by atoms with van der Waals surface area (Å²) < 4.78 is 0. The number of hydrogen-bond acceptors (Lipinski definition) is 1. The predicted octanol–water partition coefficient (Wildman–Crippen LogP) is 2.76. The minimum absolute atomic E-state index is 0.616. The third-order valence-electron chi connectivity index (χ3n) is 2.15. The van der Waals surface area contributed by atoms with Crippen molar-refractivity contribution in [1.82, 2.24) is 5.32 Å². The zero-order valence-corrected chi connectivity index (χ0v) is 8.51. The van der Waals surface area contributed by atoms with Crippen molar-refractivity contribution in [2.45, 2.75) is 39.3 Å². The van der Waals surface area contributed by atoms with Crippen molar-refractivity contribution < 1.29 is 0 Å². The Morgan fingerprint density at radius 2 is 2.38 bits per heavy atom. The van der Waals surface area contributed by atoms with Crippen LogP contribution in [-0.2, 0) is 6.54 Å². The van der Waals surface area contributed by atoms with Crippen LogP contribution >= 0.6 is 0 Å². The highest BCUT2D eigenvalue weighted by Crippen LogP contribution is 2.00. The Morgan fingerprint density at radius 3 is 3.00 bits per heavy atom. The van der Waals surface area contributed by atoms with Gasteiger partial charge in [-0.05, 0) is 31.0 Å². The first-order chi connectivity index (χ1) is 6.33. The molecule has 1 atom stereocenters. The van der Waals surface area contributed by atoms with Gasteiger partial charge in [-0.15, -0.1) is 0 Å². The Hall–Kier alpha value is -0.820. The molecule has 0 fully saturated rings. The molecule has 13 heavy (non-hydrogen) atoms. The number of nitrogens with one attached hydrogen (secondary N) is 1. The fourth-order valence-corrected chi connectivity index (χ4v) is 1.37. The van der Waals surface area contributed by atoms with Gasteiger partial charge in [0.2, 0.25) is 0 Å². The van der Waals surface area contributed by atoms with Gasteiger partial charge in [-0.25, -0.2) is 0 Å². The third-order valence-corrected chi connectivity index (χ3v) is 2.15. The average Bonchev–Trinajstić information content (AvgIpc) is 2.17. The van der Waals surface area contributed by atoms with Gasteiger partial charge in [0.25, 0.3) is 0 Å².